The van der Waals surface area contributed by atoms with Crippen molar-refractivity contribution in [2.24, 2.45) is 0 Å². The minimum absolute atomic E-state index is 0.000925. The van der Waals surface area contributed by atoms with Crippen LogP contribution < -0.4 is 5.32 Å². The second-order valence-corrected chi connectivity index (χ2v) is 7.57. The number of nitrogens with zero attached hydrogens (tertiary/aromatic N) is 1. The molecule has 3 amide bonds. The summed E-state index contributed by atoms with van der Waals surface area (Å²) in [7, 11) is 0. The van der Waals surface area contributed by atoms with Crippen molar-refractivity contribution in [2.45, 2.75) is 32.1 Å². The number of urea groups is 1. The fourth-order valence-corrected chi connectivity index (χ4v) is 3.23. The minimum atomic E-state index is -1.14. The first kappa shape index (κ1) is 20.3. The second-order valence-electron chi connectivity index (χ2n) is 7.13. The van der Waals surface area contributed by atoms with Gasteiger partial charge in [0.05, 0.1) is 25.9 Å². The first-order valence-electron chi connectivity index (χ1n) is 9.01. The minimum Gasteiger partial charge on any atom is -0.389 e. The number of hydrogen-bond acceptors (Lipinski definition) is 4. The molecule has 28 heavy (non-hydrogen) atoms. The molecule has 2 atom stereocenters. The maximum atomic E-state index is 12.9. The van der Waals surface area contributed by atoms with E-state index in [0.29, 0.717) is 17.2 Å². The quantitative estimate of drug-likeness (QED) is 0.698. The number of carbonyl (C=O) groups excluding carboxylic acids is 2. The monoisotopic (exact) mass is 402 g/mol. The van der Waals surface area contributed by atoms with Gasteiger partial charge in [0.2, 0.25) is 0 Å². The van der Waals surface area contributed by atoms with Crippen LogP contribution in [0.5, 0.6) is 0 Å². The number of benzene rings is 2. The number of amides is 3. The molecule has 1 heterocycles. The molecule has 0 bridgehead atoms. The molecule has 2 aromatic carbocycles. The average molecular weight is 403 g/mol. The lowest BCUT2D eigenvalue weighted by Gasteiger charge is -2.23. The maximum Gasteiger partial charge on any atom is 0.325 e. The standard InChI is InChI=1S/C21H23ClN2O4/c1-14-3-7-16(8-4-14)21(2)19(26)24(20(27)23-21)11-18(25)13-28-12-15-5-9-17(22)10-6-15/h3-10,18,25H,11-13H2,1-2H3,(H,23,27). The molecular weight excluding hydrogens is 380 g/mol. The van der Waals surface area contributed by atoms with Crippen LogP contribution in [0.3, 0.4) is 0 Å². The lowest BCUT2D eigenvalue weighted by atomic mass is 9.91. The van der Waals surface area contributed by atoms with Gasteiger partial charge < -0.3 is 15.2 Å². The highest BCUT2D eigenvalue weighted by atomic mass is 35.5. The fraction of sp³-hybridized carbons (Fsp3) is 0.333. The van der Waals surface area contributed by atoms with Crippen molar-refractivity contribution in [3.8, 4) is 0 Å². The largest absolute Gasteiger partial charge is 0.389 e. The van der Waals surface area contributed by atoms with Crippen LogP contribution in [-0.2, 0) is 21.7 Å². The number of ether oxygens (including phenoxy) is 1. The summed E-state index contributed by atoms with van der Waals surface area (Å²) in [6.45, 7) is 3.79. The first-order chi connectivity index (χ1) is 13.3. The summed E-state index contributed by atoms with van der Waals surface area (Å²) in [4.78, 5) is 26.2. The van der Waals surface area contributed by atoms with Crippen molar-refractivity contribution in [3.63, 3.8) is 0 Å². The normalized spacial score (nSPS) is 20.4. The third-order valence-electron chi connectivity index (χ3n) is 4.79. The Bertz CT molecular complexity index is 854. The SMILES string of the molecule is Cc1ccc(C2(C)NC(=O)N(CC(O)COCc3ccc(Cl)cc3)C2=O)cc1. The number of carbonyl (C=O) groups is 2. The second kappa shape index (κ2) is 8.31. The molecule has 2 aromatic rings. The molecule has 0 saturated carbocycles. The number of rotatable bonds is 7. The van der Waals surface area contributed by atoms with Gasteiger partial charge in [-0.15, -0.1) is 0 Å². The van der Waals surface area contributed by atoms with Gasteiger partial charge in [-0.2, -0.15) is 0 Å². The van der Waals surface area contributed by atoms with Gasteiger partial charge in [-0.1, -0.05) is 53.6 Å². The summed E-state index contributed by atoms with van der Waals surface area (Å²) >= 11 is 5.84. The zero-order valence-corrected chi connectivity index (χ0v) is 16.6. The van der Waals surface area contributed by atoms with Crippen LogP contribution in [0.1, 0.15) is 23.6 Å². The van der Waals surface area contributed by atoms with Gasteiger partial charge in [-0.05, 0) is 37.1 Å². The molecule has 3 rings (SSSR count). The van der Waals surface area contributed by atoms with E-state index in [1.807, 2.05) is 43.3 Å². The number of hydrogen-bond donors (Lipinski definition) is 2. The zero-order valence-electron chi connectivity index (χ0n) is 15.8. The van der Waals surface area contributed by atoms with Crippen LogP contribution in [0.2, 0.25) is 5.02 Å². The molecule has 148 valence electrons. The lowest BCUT2D eigenvalue weighted by molar-refractivity contribution is -0.132. The Morgan fingerprint density at radius 2 is 1.79 bits per heavy atom. The Balaban J connectivity index is 1.57. The van der Waals surface area contributed by atoms with Gasteiger partial charge in [-0.3, -0.25) is 9.69 Å². The maximum absolute atomic E-state index is 12.9. The number of aliphatic hydroxyl groups excluding tert-OH is 1. The number of β-amino-alcohol motifs (C(OH)–C–C–N with tert-alkyl or cyclic N) is 1. The molecule has 1 fully saturated rings. The lowest BCUT2D eigenvalue weighted by Crippen LogP contribution is -2.42. The third kappa shape index (κ3) is 4.35. The van der Waals surface area contributed by atoms with Crippen LogP contribution in [0, 0.1) is 6.92 Å². The van der Waals surface area contributed by atoms with Gasteiger partial charge in [0, 0.05) is 5.02 Å². The molecule has 1 aliphatic rings. The Kier molecular flexibility index (Phi) is 6.03. The summed E-state index contributed by atoms with van der Waals surface area (Å²) in [5.41, 5.74) is 1.54. The number of aryl methyl sites for hydroxylation is 1. The van der Waals surface area contributed by atoms with E-state index in [-0.39, 0.29) is 13.2 Å². The summed E-state index contributed by atoms with van der Waals surface area (Å²) in [6, 6.07) is 14.1. The van der Waals surface area contributed by atoms with Crippen molar-refractivity contribution in [1.29, 1.82) is 0 Å². The van der Waals surface area contributed by atoms with Gasteiger partial charge in [0.1, 0.15) is 5.54 Å². The number of halogens is 1. The van der Waals surface area contributed by atoms with Crippen LogP contribution in [0.25, 0.3) is 0 Å². The fourth-order valence-electron chi connectivity index (χ4n) is 3.10. The van der Waals surface area contributed by atoms with Crippen LogP contribution in [-0.4, -0.2) is 41.2 Å². The molecule has 0 radical (unpaired) electrons. The van der Waals surface area contributed by atoms with Gasteiger partial charge in [-0.25, -0.2) is 4.79 Å². The summed E-state index contributed by atoms with van der Waals surface area (Å²) in [6.07, 6.45) is -0.984. The van der Waals surface area contributed by atoms with Gasteiger partial charge >= 0.3 is 6.03 Å². The highest BCUT2D eigenvalue weighted by Gasteiger charge is 2.49. The molecule has 7 heteroatoms. The summed E-state index contributed by atoms with van der Waals surface area (Å²) in [5.74, 6) is -0.391. The molecule has 1 aliphatic heterocycles. The van der Waals surface area contributed by atoms with E-state index >= 15 is 0 Å². The Labute approximate surface area is 169 Å². The molecule has 6 nitrogen and oxygen atoms in total. The van der Waals surface area contributed by atoms with E-state index in [1.165, 1.54) is 0 Å². The Morgan fingerprint density at radius 3 is 2.43 bits per heavy atom. The summed E-state index contributed by atoms with van der Waals surface area (Å²) < 4.78 is 5.49. The van der Waals surface area contributed by atoms with E-state index in [9.17, 15) is 14.7 Å². The highest BCUT2D eigenvalue weighted by molar-refractivity contribution is 6.30. The van der Waals surface area contributed by atoms with Crippen LogP contribution in [0.15, 0.2) is 48.5 Å². The molecule has 0 aliphatic carbocycles. The Morgan fingerprint density at radius 1 is 1.14 bits per heavy atom. The number of nitrogens with one attached hydrogen (secondary N) is 1. The number of aliphatic hydroxyl groups is 1. The molecule has 2 N–H and O–H groups in total. The summed E-state index contributed by atoms with van der Waals surface area (Å²) in [5, 5.41) is 13.6. The molecule has 0 spiro atoms. The van der Waals surface area contributed by atoms with Crippen molar-refractivity contribution >= 4 is 23.5 Å². The van der Waals surface area contributed by atoms with Crippen molar-refractivity contribution in [3.05, 3.63) is 70.2 Å². The number of imide groups is 1. The smallest absolute Gasteiger partial charge is 0.325 e. The highest BCUT2D eigenvalue weighted by Crippen LogP contribution is 2.29. The predicted octanol–water partition coefficient (Wildman–Crippen LogP) is 2.99. The molecule has 1 saturated heterocycles. The van der Waals surface area contributed by atoms with Crippen molar-refractivity contribution in [1.82, 2.24) is 10.2 Å². The van der Waals surface area contributed by atoms with Crippen molar-refractivity contribution < 1.29 is 19.4 Å². The third-order valence-corrected chi connectivity index (χ3v) is 5.04. The van der Waals surface area contributed by atoms with Crippen LogP contribution >= 0.6 is 11.6 Å². The topological polar surface area (TPSA) is 78.9 Å². The van der Waals surface area contributed by atoms with Gasteiger partial charge in [0.15, 0.2) is 0 Å². The van der Waals surface area contributed by atoms with Crippen molar-refractivity contribution in [2.75, 3.05) is 13.2 Å². The van der Waals surface area contributed by atoms with E-state index < -0.39 is 23.6 Å². The zero-order chi connectivity index (χ0) is 20.3. The molecule has 2 unspecified atom stereocenters. The van der Waals surface area contributed by atoms with E-state index in [4.69, 9.17) is 16.3 Å². The van der Waals surface area contributed by atoms with Gasteiger partial charge in [0.25, 0.3) is 5.91 Å². The Hall–Kier alpha value is -2.41. The van der Waals surface area contributed by atoms with E-state index in [2.05, 4.69) is 5.32 Å². The predicted molar refractivity (Wildman–Crippen MR) is 106 cm³/mol. The molecule has 0 aromatic heterocycles. The van der Waals surface area contributed by atoms with Crippen LogP contribution in [0.4, 0.5) is 4.79 Å². The average Bonchev–Trinajstić information content (AvgIpc) is 2.88. The van der Waals surface area contributed by atoms with E-state index in [1.54, 1.807) is 19.1 Å². The first-order valence-corrected chi connectivity index (χ1v) is 9.39. The van der Waals surface area contributed by atoms with E-state index in [0.717, 1.165) is 16.0 Å². The molecular formula is C21H23ClN2O4.